The first-order valence-electron chi connectivity index (χ1n) is 13.3. The van der Waals surface area contributed by atoms with E-state index in [2.05, 4.69) is 5.32 Å². The minimum atomic E-state index is -4.25. The number of rotatable bonds is 12. The molecule has 1 atom stereocenters. The Morgan fingerprint density at radius 2 is 1.49 bits per heavy atom. The first-order valence-corrected chi connectivity index (χ1v) is 14.7. The van der Waals surface area contributed by atoms with E-state index in [1.54, 1.807) is 25.1 Å². The van der Waals surface area contributed by atoms with Gasteiger partial charge < -0.3 is 10.2 Å². The maximum atomic E-state index is 14.0. The van der Waals surface area contributed by atoms with Gasteiger partial charge in [0, 0.05) is 24.2 Å². The van der Waals surface area contributed by atoms with Crippen molar-refractivity contribution < 1.29 is 22.9 Å². The third-order valence-electron chi connectivity index (χ3n) is 6.33. The summed E-state index contributed by atoms with van der Waals surface area (Å²) in [6, 6.07) is 21.2. The average Bonchev–Trinajstić information content (AvgIpc) is 2.93. The highest BCUT2D eigenvalue weighted by Gasteiger charge is 2.34. The van der Waals surface area contributed by atoms with Gasteiger partial charge in [-0.2, -0.15) is 0 Å². The zero-order valence-corrected chi connectivity index (χ0v) is 24.5. The zero-order chi connectivity index (χ0) is 30.2. The molecule has 0 aliphatic rings. The number of hydrogen-bond donors (Lipinski definition) is 1. The molecule has 0 fully saturated rings. The van der Waals surface area contributed by atoms with Gasteiger partial charge in [0.2, 0.25) is 11.8 Å². The molecule has 3 aromatic rings. The van der Waals surface area contributed by atoms with E-state index in [1.165, 1.54) is 41.3 Å². The largest absolute Gasteiger partial charge is 0.350 e. The Kier molecular flexibility index (Phi) is 10.2. The molecule has 1 unspecified atom stereocenters. The van der Waals surface area contributed by atoms with E-state index >= 15 is 0 Å². The van der Waals surface area contributed by atoms with E-state index in [-0.39, 0.29) is 28.7 Å². The number of anilines is 1. The minimum Gasteiger partial charge on any atom is -0.350 e. The molecule has 0 aliphatic carbocycles. The Balaban J connectivity index is 2.03. The van der Waals surface area contributed by atoms with Gasteiger partial charge in [0.05, 0.1) is 15.5 Å². The maximum absolute atomic E-state index is 14.0. The molecule has 0 aromatic heterocycles. The Morgan fingerprint density at radius 3 is 2.00 bits per heavy atom. The number of nitrogens with zero attached hydrogens (tertiary/aromatic N) is 3. The standard InChI is InChI=1S/C30H36N4O6S/c1-5-27(29(36)31-30(2,3)4)32(21-20-23-12-8-6-9-13-23)28(35)22-33(24-16-18-25(19-17-24)34(37)38)41(39,40)26-14-10-7-11-15-26/h6-19,27H,5,20-22H2,1-4H3,(H,31,36). The highest BCUT2D eigenvalue weighted by Crippen LogP contribution is 2.26. The van der Waals surface area contributed by atoms with Gasteiger partial charge in [-0.25, -0.2) is 8.42 Å². The lowest BCUT2D eigenvalue weighted by Crippen LogP contribution is -2.56. The number of amides is 2. The first kappa shape index (κ1) is 31.3. The Morgan fingerprint density at radius 1 is 0.927 bits per heavy atom. The van der Waals surface area contributed by atoms with Gasteiger partial charge in [-0.1, -0.05) is 55.5 Å². The van der Waals surface area contributed by atoms with Crippen LogP contribution in [-0.4, -0.2) is 54.7 Å². The van der Waals surface area contributed by atoms with Crippen molar-refractivity contribution in [2.75, 3.05) is 17.4 Å². The second kappa shape index (κ2) is 13.4. The number of carbonyl (C=O) groups is 2. The Labute approximate surface area is 241 Å². The fourth-order valence-electron chi connectivity index (χ4n) is 4.34. The quantitative estimate of drug-likeness (QED) is 0.247. The van der Waals surface area contributed by atoms with Crippen LogP contribution in [0.5, 0.6) is 0 Å². The van der Waals surface area contributed by atoms with Crippen molar-refractivity contribution in [3.05, 3.63) is 101 Å². The number of benzene rings is 3. The lowest BCUT2D eigenvalue weighted by atomic mass is 10.1. The predicted octanol–water partition coefficient (Wildman–Crippen LogP) is 4.55. The number of carbonyl (C=O) groups excluding carboxylic acids is 2. The molecule has 218 valence electrons. The minimum absolute atomic E-state index is 0.0421. The van der Waals surface area contributed by atoms with Crippen molar-refractivity contribution in [1.29, 1.82) is 0 Å². The second-order valence-corrected chi connectivity index (χ2v) is 12.4. The molecule has 10 nitrogen and oxygen atoms in total. The number of sulfonamides is 1. The third-order valence-corrected chi connectivity index (χ3v) is 8.11. The highest BCUT2D eigenvalue weighted by atomic mass is 32.2. The van der Waals surface area contributed by atoms with Crippen molar-refractivity contribution in [3.8, 4) is 0 Å². The van der Waals surface area contributed by atoms with Gasteiger partial charge in [-0.05, 0) is 63.4 Å². The molecular formula is C30H36N4O6S. The van der Waals surface area contributed by atoms with Crippen molar-refractivity contribution in [1.82, 2.24) is 10.2 Å². The van der Waals surface area contributed by atoms with Crippen LogP contribution in [0, 0.1) is 10.1 Å². The molecule has 1 N–H and O–H groups in total. The van der Waals surface area contributed by atoms with Gasteiger partial charge >= 0.3 is 0 Å². The van der Waals surface area contributed by atoms with Gasteiger partial charge in [0.1, 0.15) is 12.6 Å². The summed E-state index contributed by atoms with van der Waals surface area (Å²) in [6.07, 6.45) is 0.764. The molecule has 0 saturated carbocycles. The van der Waals surface area contributed by atoms with Gasteiger partial charge in [-0.3, -0.25) is 24.0 Å². The fourth-order valence-corrected chi connectivity index (χ4v) is 5.77. The van der Waals surface area contributed by atoms with Crippen LogP contribution < -0.4 is 9.62 Å². The summed E-state index contributed by atoms with van der Waals surface area (Å²) >= 11 is 0. The molecule has 0 aliphatic heterocycles. The molecule has 0 bridgehead atoms. The van der Waals surface area contributed by atoms with Crippen LogP contribution >= 0.6 is 0 Å². The van der Waals surface area contributed by atoms with E-state index in [4.69, 9.17) is 0 Å². The summed E-state index contributed by atoms with van der Waals surface area (Å²) in [5, 5.41) is 14.1. The molecule has 2 amide bonds. The number of nitrogens with one attached hydrogen (secondary N) is 1. The summed E-state index contributed by atoms with van der Waals surface area (Å²) in [4.78, 5) is 39.3. The number of non-ortho nitro benzene ring substituents is 1. The second-order valence-electron chi connectivity index (χ2n) is 10.6. The summed E-state index contributed by atoms with van der Waals surface area (Å²) in [7, 11) is -4.25. The van der Waals surface area contributed by atoms with Crippen LogP contribution in [0.25, 0.3) is 0 Å². The summed E-state index contributed by atoms with van der Waals surface area (Å²) in [6.45, 7) is 6.90. The summed E-state index contributed by atoms with van der Waals surface area (Å²) in [5.41, 5.74) is 0.287. The summed E-state index contributed by atoms with van der Waals surface area (Å²) in [5.74, 6) is -0.913. The van der Waals surface area contributed by atoms with Crippen molar-refractivity contribution in [2.45, 2.75) is 57.0 Å². The van der Waals surface area contributed by atoms with Crippen molar-refractivity contribution in [3.63, 3.8) is 0 Å². The molecule has 0 radical (unpaired) electrons. The molecule has 3 aromatic carbocycles. The number of nitro benzene ring substituents is 1. The highest BCUT2D eigenvalue weighted by molar-refractivity contribution is 7.92. The van der Waals surface area contributed by atoms with Gasteiger partial charge in [-0.15, -0.1) is 0 Å². The molecule has 3 rings (SSSR count). The lowest BCUT2D eigenvalue weighted by molar-refractivity contribution is -0.384. The molecule has 0 heterocycles. The van der Waals surface area contributed by atoms with Crippen molar-refractivity contribution in [2.24, 2.45) is 0 Å². The zero-order valence-electron chi connectivity index (χ0n) is 23.7. The molecular weight excluding hydrogens is 544 g/mol. The third kappa shape index (κ3) is 8.37. The smallest absolute Gasteiger partial charge is 0.269 e. The monoisotopic (exact) mass is 580 g/mol. The molecule has 0 saturated heterocycles. The van der Waals surface area contributed by atoms with Crippen LogP contribution in [-0.2, 0) is 26.0 Å². The van der Waals surface area contributed by atoms with E-state index in [0.717, 1.165) is 9.87 Å². The first-order chi connectivity index (χ1) is 19.3. The predicted molar refractivity (Wildman–Crippen MR) is 158 cm³/mol. The van der Waals surface area contributed by atoms with E-state index in [9.17, 15) is 28.1 Å². The van der Waals surface area contributed by atoms with Crippen molar-refractivity contribution >= 4 is 33.2 Å². The van der Waals surface area contributed by atoms with Crippen LogP contribution in [0.4, 0.5) is 11.4 Å². The van der Waals surface area contributed by atoms with Crippen LogP contribution in [0.1, 0.15) is 39.7 Å². The Bertz CT molecular complexity index is 1440. The average molecular weight is 581 g/mol. The van der Waals surface area contributed by atoms with Crippen LogP contribution in [0.15, 0.2) is 89.8 Å². The Hall–Kier alpha value is -4.25. The van der Waals surface area contributed by atoms with Gasteiger partial charge in [0.15, 0.2) is 0 Å². The van der Waals surface area contributed by atoms with Crippen LogP contribution in [0.2, 0.25) is 0 Å². The maximum Gasteiger partial charge on any atom is 0.269 e. The van der Waals surface area contributed by atoms with Crippen LogP contribution in [0.3, 0.4) is 0 Å². The molecule has 41 heavy (non-hydrogen) atoms. The lowest BCUT2D eigenvalue weighted by Gasteiger charge is -2.34. The fraction of sp³-hybridized carbons (Fsp3) is 0.333. The van der Waals surface area contributed by atoms with E-state index in [0.29, 0.717) is 12.8 Å². The SMILES string of the molecule is CCC(C(=O)NC(C)(C)C)N(CCc1ccccc1)C(=O)CN(c1ccc([N+](=O)[O-])cc1)S(=O)(=O)c1ccccc1. The molecule has 0 spiro atoms. The van der Waals surface area contributed by atoms with E-state index < -0.39 is 39.0 Å². The topological polar surface area (TPSA) is 130 Å². The van der Waals surface area contributed by atoms with E-state index in [1.807, 2.05) is 51.1 Å². The number of nitro groups is 1. The summed E-state index contributed by atoms with van der Waals surface area (Å²) < 4.78 is 28.5. The normalized spacial score (nSPS) is 12.3. The van der Waals surface area contributed by atoms with Gasteiger partial charge in [0.25, 0.3) is 15.7 Å². The molecule has 11 heteroatoms. The number of hydrogen-bond acceptors (Lipinski definition) is 6.